The number of allylic oxidation sites excluding steroid dienone is 3. The van der Waals surface area contributed by atoms with Crippen molar-refractivity contribution in [3.05, 3.63) is 113 Å². The molecule has 3 aromatic carbocycles. The van der Waals surface area contributed by atoms with Crippen LogP contribution in [0.15, 0.2) is 90.5 Å². The van der Waals surface area contributed by atoms with E-state index in [-0.39, 0.29) is 0 Å². The van der Waals surface area contributed by atoms with Crippen LogP contribution in [0.1, 0.15) is 35.1 Å². The molecular weight excluding hydrogens is 344 g/mol. The fourth-order valence-electron chi connectivity index (χ4n) is 5.50. The summed E-state index contributed by atoms with van der Waals surface area (Å²) < 4.78 is 0. The quantitative estimate of drug-likeness (QED) is 0.644. The highest BCUT2D eigenvalue weighted by molar-refractivity contribution is 5.90. The minimum atomic E-state index is -1.53. The van der Waals surface area contributed by atoms with Crippen molar-refractivity contribution in [3.63, 3.8) is 0 Å². The van der Waals surface area contributed by atoms with Crippen molar-refractivity contribution in [2.24, 2.45) is 0 Å². The number of aliphatic hydroxyl groups is 2. The van der Waals surface area contributed by atoms with Gasteiger partial charge >= 0.3 is 0 Å². The van der Waals surface area contributed by atoms with Gasteiger partial charge in [0.25, 0.3) is 0 Å². The van der Waals surface area contributed by atoms with Crippen molar-refractivity contribution in [3.8, 4) is 11.1 Å². The third-order valence-electron chi connectivity index (χ3n) is 6.66. The molecule has 0 saturated carbocycles. The van der Waals surface area contributed by atoms with E-state index in [1.807, 2.05) is 66.7 Å². The van der Waals surface area contributed by atoms with Crippen LogP contribution in [0.3, 0.4) is 0 Å². The average Bonchev–Trinajstić information content (AvgIpc) is 3.19. The summed E-state index contributed by atoms with van der Waals surface area (Å²) in [6, 6.07) is 23.8. The molecule has 0 aliphatic heterocycles. The van der Waals surface area contributed by atoms with Crippen molar-refractivity contribution < 1.29 is 10.2 Å². The summed E-state index contributed by atoms with van der Waals surface area (Å²) in [5.41, 5.74) is 4.30. The fourth-order valence-corrected chi connectivity index (χ4v) is 5.50. The average molecular weight is 364 g/mol. The topological polar surface area (TPSA) is 40.5 Å². The Morgan fingerprint density at radius 3 is 1.71 bits per heavy atom. The van der Waals surface area contributed by atoms with E-state index in [4.69, 9.17) is 0 Å². The third-order valence-corrected chi connectivity index (χ3v) is 6.66. The van der Waals surface area contributed by atoms with Crippen LogP contribution in [-0.2, 0) is 11.2 Å². The van der Waals surface area contributed by atoms with E-state index >= 15 is 0 Å². The summed E-state index contributed by atoms with van der Waals surface area (Å²) in [4.78, 5) is 0. The molecule has 3 aliphatic carbocycles. The zero-order chi connectivity index (χ0) is 18.9. The molecule has 3 aromatic rings. The van der Waals surface area contributed by atoms with Crippen LogP contribution < -0.4 is 0 Å². The lowest BCUT2D eigenvalue weighted by molar-refractivity contribution is -0.112. The predicted molar refractivity (Wildman–Crippen MR) is 111 cm³/mol. The van der Waals surface area contributed by atoms with Crippen molar-refractivity contribution in [1.29, 1.82) is 0 Å². The van der Waals surface area contributed by atoms with Crippen LogP contribution in [0.25, 0.3) is 16.7 Å². The zero-order valence-electron chi connectivity index (χ0n) is 15.4. The summed E-state index contributed by atoms with van der Waals surface area (Å²) >= 11 is 0. The van der Waals surface area contributed by atoms with Gasteiger partial charge in [-0.3, -0.25) is 0 Å². The predicted octanol–water partition coefficient (Wildman–Crippen LogP) is 4.91. The Morgan fingerprint density at radius 2 is 1.11 bits per heavy atom. The SMILES string of the molecule is OC1(C2(O)c3ccccc3-c3ccccc32)C2=C(C=CCC2)c2ccccc21. The summed E-state index contributed by atoms with van der Waals surface area (Å²) in [5.74, 6) is 0. The maximum absolute atomic E-state index is 12.4. The molecule has 2 nitrogen and oxygen atoms in total. The van der Waals surface area contributed by atoms with Crippen LogP contribution >= 0.6 is 0 Å². The lowest BCUT2D eigenvalue weighted by Crippen LogP contribution is -2.49. The molecule has 2 N–H and O–H groups in total. The van der Waals surface area contributed by atoms with Gasteiger partial charge in [0.1, 0.15) is 5.60 Å². The Kier molecular flexibility index (Phi) is 3.05. The van der Waals surface area contributed by atoms with Crippen molar-refractivity contribution in [2.75, 3.05) is 0 Å². The van der Waals surface area contributed by atoms with Crippen LogP contribution in [0.2, 0.25) is 0 Å². The van der Waals surface area contributed by atoms with E-state index in [0.717, 1.165) is 57.4 Å². The van der Waals surface area contributed by atoms with Gasteiger partial charge in [0.05, 0.1) is 0 Å². The van der Waals surface area contributed by atoms with Crippen LogP contribution in [0, 0.1) is 0 Å². The standard InChI is InChI=1S/C26H20O2/c27-25(21-13-5-1-9-17(21)18-10-2-6-14-22(18)25)26(28)23-15-7-3-11-19(23)20-12-4-8-16-24(20)26/h1-7,9-15,27-28H,8,16H2. The molecule has 136 valence electrons. The number of benzene rings is 3. The molecule has 0 heterocycles. The second-order valence-electron chi connectivity index (χ2n) is 7.89. The summed E-state index contributed by atoms with van der Waals surface area (Å²) in [6.07, 6.45) is 5.87. The first-order chi connectivity index (χ1) is 13.7. The summed E-state index contributed by atoms with van der Waals surface area (Å²) in [7, 11) is 0. The third kappa shape index (κ3) is 1.67. The van der Waals surface area contributed by atoms with Gasteiger partial charge in [0, 0.05) is 0 Å². The van der Waals surface area contributed by atoms with Gasteiger partial charge in [0.15, 0.2) is 5.60 Å². The van der Waals surface area contributed by atoms with Crippen molar-refractivity contribution in [1.82, 2.24) is 0 Å². The molecule has 0 amide bonds. The molecule has 0 bridgehead atoms. The van der Waals surface area contributed by atoms with Crippen LogP contribution in [0.5, 0.6) is 0 Å². The Hall–Kier alpha value is -2.94. The maximum Gasteiger partial charge on any atom is 0.152 e. The van der Waals surface area contributed by atoms with E-state index in [9.17, 15) is 10.2 Å². The highest BCUT2D eigenvalue weighted by Gasteiger charge is 2.62. The second-order valence-corrected chi connectivity index (χ2v) is 7.89. The van der Waals surface area contributed by atoms with Crippen molar-refractivity contribution >= 4 is 5.57 Å². The normalized spacial score (nSPS) is 23.2. The molecule has 0 aromatic heterocycles. The van der Waals surface area contributed by atoms with Crippen LogP contribution in [-0.4, -0.2) is 10.2 Å². The highest BCUT2D eigenvalue weighted by atomic mass is 16.4. The van der Waals surface area contributed by atoms with E-state index < -0.39 is 11.2 Å². The summed E-state index contributed by atoms with van der Waals surface area (Å²) in [6.45, 7) is 0. The Morgan fingerprint density at radius 1 is 0.607 bits per heavy atom. The Labute approximate surface area is 164 Å². The zero-order valence-corrected chi connectivity index (χ0v) is 15.4. The lowest BCUT2D eigenvalue weighted by atomic mass is 9.68. The highest BCUT2D eigenvalue weighted by Crippen LogP contribution is 2.63. The fraction of sp³-hybridized carbons (Fsp3) is 0.154. The summed E-state index contributed by atoms with van der Waals surface area (Å²) in [5, 5.41) is 24.9. The first-order valence-corrected chi connectivity index (χ1v) is 9.81. The van der Waals surface area contributed by atoms with Gasteiger partial charge in [-0.1, -0.05) is 84.9 Å². The van der Waals surface area contributed by atoms with E-state index in [0.29, 0.717) is 0 Å². The minimum absolute atomic E-state index is 0.740. The molecule has 3 aliphatic rings. The molecule has 1 unspecified atom stereocenters. The Bertz CT molecular complexity index is 1150. The van der Waals surface area contributed by atoms with Crippen LogP contribution in [0.4, 0.5) is 0 Å². The van der Waals surface area contributed by atoms with E-state index in [2.05, 4.69) is 18.2 Å². The molecular formula is C26H20O2. The van der Waals surface area contributed by atoms with Crippen molar-refractivity contribution in [2.45, 2.75) is 24.0 Å². The van der Waals surface area contributed by atoms with Gasteiger partial charge in [-0.25, -0.2) is 0 Å². The molecule has 0 fully saturated rings. The number of hydrogen-bond donors (Lipinski definition) is 2. The van der Waals surface area contributed by atoms with Gasteiger partial charge in [-0.2, -0.15) is 0 Å². The second kappa shape index (κ2) is 5.32. The number of rotatable bonds is 1. The molecule has 1 atom stereocenters. The number of hydrogen-bond acceptors (Lipinski definition) is 2. The molecule has 0 radical (unpaired) electrons. The minimum Gasteiger partial charge on any atom is -0.377 e. The smallest absolute Gasteiger partial charge is 0.152 e. The maximum atomic E-state index is 12.4. The first kappa shape index (κ1) is 16.1. The molecule has 2 heteroatoms. The molecule has 6 rings (SSSR count). The van der Waals surface area contributed by atoms with Gasteiger partial charge in [-0.05, 0) is 57.4 Å². The van der Waals surface area contributed by atoms with E-state index in [1.165, 1.54) is 0 Å². The number of fused-ring (bicyclic) bond motifs is 5. The van der Waals surface area contributed by atoms with Gasteiger partial charge in [0.2, 0.25) is 0 Å². The largest absolute Gasteiger partial charge is 0.377 e. The lowest BCUT2D eigenvalue weighted by Gasteiger charge is -2.43. The first-order valence-electron chi connectivity index (χ1n) is 9.81. The molecule has 0 spiro atoms. The van der Waals surface area contributed by atoms with E-state index in [1.54, 1.807) is 0 Å². The molecule has 0 saturated heterocycles. The van der Waals surface area contributed by atoms with Gasteiger partial charge < -0.3 is 10.2 Å². The Balaban J connectivity index is 1.75. The molecule has 28 heavy (non-hydrogen) atoms. The van der Waals surface area contributed by atoms with Gasteiger partial charge in [-0.15, -0.1) is 0 Å². The monoisotopic (exact) mass is 364 g/mol.